The fourth-order valence-electron chi connectivity index (χ4n) is 3.17. The van der Waals surface area contributed by atoms with Crippen molar-refractivity contribution in [3.8, 4) is 5.69 Å². The standard InChI is InChI=1S/C20H19F3N2O3S/c1-12-9-14(10-17-18(26)24(7-8-28-3)19(27)29-17)13(2)25(12)16-6-4-5-15(11-16)20(21,22)23/h4-6,9-11H,7-8H2,1-3H3/b17-10-. The van der Waals surface area contributed by atoms with Gasteiger partial charge in [0.25, 0.3) is 11.1 Å². The molecule has 2 amide bonds. The first-order valence-corrected chi connectivity index (χ1v) is 9.56. The number of carbonyl (C=O) groups is 2. The van der Waals surface area contributed by atoms with Crippen LogP contribution in [0.4, 0.5) is 18.0 Å². The number of rotatable bonds is 5. The monoisotopic (exact) mass is 424 g/mol. The van der Waals surface area contributed by atoms with Crippen molar-refractivity contribution in [3.05, 3.63) is 57.8 Å². The minimum absolute atomic E-state index is 0.168. The third-order valence-electron chi connectivity index (χ3n) is 4.58. The molecule has 0 N–H and O–H groups in total. The van der Waals surface area contributed by atoms with Crippen molar-refractivity contribution in [2.45, 2.75) is 20.0 Å². The summed E-state index contributed by atoms with van der Waals surface area (Å²) in [5, 5.41) is -0.370. The van der Waals surface area contributed by atoms with Gasteiger partial charge in [0, 0.05) is 24.2 Å². The lowest BCUT2D eigenvalue weighted by Crippen LogP contribution is -2.31. The molecule has 0 spiro atoms. The summed E-state index contributed by atoms with van der Waals surface area (Å²) in [6.07, 6.45) is -2.83. The van der Waals surface area contributed by atoms with Crippen LogP contribution in [0.5, 0.6) is 0 Å². The van der Waals surface area contributed by atoms with Gasteiger partial charge in [-0.1, -0.05) is 6.07 Å². The number of imide groups is 1. The van der Waals surface area contributed by atoms with E-state index in [4.69, 9.17) is 4.74 Å². The highest BCUT2D eigenvalue weighted by atomic mass is 32.2. The second-order valence-electron chi connectivity index (χ2n) is 6.54. The Morgan fingerprint density at radius 2 is 1.90 bits per heavy atom. The zero-order valence-corrected chi connectivity index (χ0v) is 16.9. The molecule has 29 heavy (non-hydrogen) atoms. The molecule has 0 bridgehead atoms. The maximum absolute atomic E-state index is 13.1. The minimum Gasteiger partial charge on any atom is -0.383 e. The van der Waals surface area contributed by atoms with Gasteiger partial charge >= 0.3 is 6.18 Å². The van der Waals surface area contributed by atoms with Crippen LogP contribution in [0.25, 0.3) is 11.8 Å². The molecule has 0 unspecified atom stereocenters. The largest absolute Gasteiger partial charge is 0.416 e. The van der Waals surface area contributed by atoms with Gasteiger partial charge in [-0.3, -0.25) is 14.5 Å². The molecule has 154 valence electrons. The highest BCUT2D eigenvalue weighted by Gasteiger charge is 2.35. The van der Waals surface area contributed by atoms with Crippen LogP contribution in [0.2, 0.25) is 0 Å². The molecule has 1 saturated heterocycles. The van der Waals surface area contributed by atoms with Gasteiger partial charge in [0.15, 0.2) is 0 Å². The maximum Gasteiger partial charge on any atom is 0.416 e. The summed E-state index contributed by atoms with van der Waals surface area (Å²) in [7, 11) is 1.48. The van der Waals surface area contributed by atoms with Gasteiger partial charge in [-0.05, 0) is 61.5 Å². The Morgan fingerprint density at radius 1 is 1.17 bits per heavy atom. The number of hydrogen-bond donors (Lipinski definition) is 0. The van der Waals surface area contributed by atoms with Gasteiger partial charge in [-0.15, -0.1) is 0 Å². The molecule has 1 fully saturated rings. The Kier molecular flexibility index (Phi) is 5.90. The maximum atomic E-state index is 13.1. The number of amides is 2. The van der Waals surface area contributed by atoms with Gasteiger partial charge in [0.2, 0.25) is 0 Å². The summed E-state index contributed by atoms with van der Waals surface area (Å²) in [6.45, 7) is 3.94. The summed E-state index contributed by atoms with van der Waals surface area (Å²) in [5.41, 5.74) is 1.69. The third-order valence-corrected chi connectivity index (χ3v) is 5.49. The van der Waals surface area contributed by atoms with Crippen molar-refractivity contribution < 1.29 is 27.5 Å². The van der Waals surface area contributed by atoms with Gasteiger partial charge in [0.05, 0.1) is 23.6 Å². The van der Waals surface area contributed by atoms with Crippen LogP contribution >= 0.6 is 11.8 Å². The van der Waals surface area contributed by atoms with E-state index in [0.717, 1.165) is 28.8 Å². The number of aromatic nitrogens is 1. The number of thioether (sulfide) groups is 1. The van der Waals surface area contributed by atoms with Crippen molar-refractivity contribution in [1.82, 2.24) is 9.47 Å². The molecule has 1 aliphatic rings. The Hall–Kier alpha value is -2.52. The first kappa shape index (κ1) is 21.2. The van der Waals surface area contributed by atoms with Crippen LogP contribution in [0, 0.1) is 13.8 Å². The first-order valence-electron chi connectivity index (χ1n) is 8.74. The molecule has 2 aromatic rings. The fraction of sp³-hybridized carbons (Fsp3) is 0.300. The highest BCUT2D eigenvalue weighted by molar-refractivity contribution is 8.18. The van der Waals surface area contributed by atoms with Crippen molar-refractivity contribution >= 4 is 29.0 Å². The fourth-order valence-corrected chi connectivity index (χ4v) is 4.02. The molecule has 3 rings (SSSR count). The van der Waals surface area contributed by atoms with Gasteiger partial charge in [-0.2, -0.15) is 13.2 Å². The summed E-state index contributed by atoms with van der Waals surface area (Å²) in [4.78, 5) is 25.9. The van der Waals surface area contributed by atoms with E-state index in [1.807, 2.05) is 0 Å². The van der Waals surface area contributed by atoms with Gasteiger partial charge in [-0.25, -0.2) is 0 Å². The van der Waals surface area contributed by atoms with E-state index in [0.29, 0.717) is 22.6 Å². The van der Waals surface area contributed by atoms with E-state index < -0.39 is 17.6 Å². The third kappa shape index (κ3) is 4.25. The van der Waals surface area contributed by atoms with Crippen molar-refractivity contribution in [2.24, 2.45) is 0 Å². The molecule has 5 nitrogen and oxygen atoms in total. The molecular formula is C20H19F3N2O3S. The second kappa shape index (κ2) is 8.08. The number of methoxy groups -OCH3 is 1. The van der Waals surface area contributed by atoms with Crippen LogP contribution in [0.15, 0.2) is 35.2 Å². The SMILES string of the molecule is COCCN1C(=O)S/C(=C\c2cc(C)n(-c3cccc(C(F)(F)F)c3)c2C)C1=O. The predicted molar refractivity (Wildman–Crippen MR) is 105 cm³/mol. The lowest BCUT2D eigenvalue weighted by molar-refractivity contribution is -0.137. The number of nitrogens with zero attached hydrogens (tertiary/aromatic N) is 2. The number of benzene rings is 1. The normalized spacial score (nSPS) is 16.3. The molecule has 0 radical (unpaired) electrons. The summed E-state index contributed by atoms with van der Waals surface area (Å²) in [6, 6.07) is 6.84. The summed E-state index contributed by atoms with van der Waals surface area (Å²) in [5.74, 6) is -0.402. The first-order chi connectivity index (χ1) is 13.6. The van der Waals surface area contributed by atoms with Crippen LogP contribution in [-0.2, 0) is 15.7 Å². The summed E-state index contributed by atoms with van der Waals surface area (Å²) >= 11 is 0.837. The molecule has 0 saturated carbocycles. The quantitative estimate of drug-likeness (QED) is 0.648. The molecule has 9 heteroatoms. The Labute approximate surface area is 170 Å². The minimum atomic E-state index is -4.44. The Morgan fingerprint density at radius 3 is 2.55 bits per heavy atom. The zero-order valence-electron chi connectivity index (χ0n) is 16.0. The summed E-state index contributed by atoms with van der Waals surface area (Å²) < 4.78 is 45.8. The lowest BCUT2D eigenvalue weighted by Gasteiger charge is -2.13. The van der Waals surface area contributed by atoms with E-state index in [9.17, 15) is 22.8 Å². The molecule has 0 aliphatic carbocycles. The number of alkyl halides is 3. The van der Waals surface area contributed by atoms with E-state index in [2.05, 4.69) is 0 Å². The van der Waals surface area contributed by atoms with Crippen LogP contribution in [-0.4, -0.2) is 40.9 Å². The molecule has 2 heterocycles. The van der Waals surface area contributed by atoms with E-state index in [1.54, 1.807) is 36.6 Å². The van der Waals surface area contributed by atoms with Gasteiger partial charge in [0.1, 0.15) is 0 Å². The van der Waals surface area contributed by atoms with Crippen molar-refractivity contribution in [2.75, 3.05) is 20.3 Å². The lowest BCUT2D eigenvalue weighted by atomic mass is 10.2. The molecule has 1 aromatic carbocycles. The molecule has 0 atom stereocenters. The molecular weight excluding hydrogens is 405 g/mol. The highest BCUT2D eigenvalue weighted by Crippen LogP contribution is 2.34. The second-order valence-corrected chi connectivity index (χ2v) is 7.53. The smallest absolute Gasteiger partial charge is 0.383 e. The van der Waals surface area contributed by atoms with Crippen LogP contribution in [0.3, 0.4) is 0 Å². The number of halogens is 3. The molecule has 1 aliphatic heterocycles. The van der Waals surface area contributed by atoms with E-state index in [1.165, 1.54) is 13.2 Å². The Balaban J connectivity index is 1.96. The van der Waals surface area contributed by atoms with E-state index >= 15 is 0 Å². The number of hydrogen-bond acceptors (Lipinski definition) is 4. The Bertz CT molecular complexity index is 995. The molecule has 1 aromatic heterocycles. The average Bonchev–Trinajstić information content (AvgIpc) is 3.08. The zero-order chi connectivity index (χ0) is 21.3. The van der Waals surface area contributed by atoms with Crippen molar-refractivity contribution in [1.29, 1.82) is 0 Å². The average molecular weight is 424 g/mol. The van der Waals surface area contributed by atoms with Gasteiger partial charge < -0.3 is 9.30 Å². The topological polar surface area (TPSA) is 51.5 Å². The number of aryl methyl sites for hydroxylation is 1. The van der Waals surface area contributed by atoms with E-state index in [-0.39, 0.29) is 23.3 Å². The number of ether oxygens (including phenoxy) is 1. The van der Waals surface area contributed by atoms with Crippen LogP contribution < -0.4 is 0 Å². The number of carbonyl (C=O) groups excluding carboxylic acids is 2. The van der Waals surface area contributed by atoms with Crippen LogP contribution in [0.1, 0.15) is 22.5 Å². The predicted octanol–water partition coefficient (Wildman–Crippen LogP) is 4.80. The van der Waals surface area contributed by atoms with Crippen molar-refractivity contribution in [3.63, 3.8) is 0 Å².